The number of anilines is 1. The van der Waals surface area contributed by atoms with Crippen LogP contribution >= 0.6 is 15.9 Å². The largest absolute Gasteiger partial charge is 0.383 e. The zero-order chi connectivity index (χ0) is 11.4. The van der Waals surface area contributed by atoms with Gasteiger partial charge in [-0.3, -0.25) is 9.78 Å². The number of hydrogen-bond acceptors (Lipinski definition) is 3. The Labute approximate surface area is 103 Å². The van der Waals surface area contributed by atoms with Gasteiger partial charge in [0.05, 0.1) is 11.9 Å². The molecule has 0 saturated heterocycles. The molecule has 1 amide bonds. The van der Waals surface area contributed by atoms with E-state index in [0.29, 0.717) is 19.0 Å². The van der Waals surface area contributed by atoms with Crippen LogP contribution in [0.3, 0.4) is 0 Å². The smallest absolute Gasteiger partial charge is 0.221 e. The number of aromatic nitrogens is 1. The Morgan fingerprint density at radius 1 is 1.50 bits per heavy atom. The normalized spacial score (nSPS) is 14.6. The third kappa shape index (κ3) is 3.81. The van der Waals surface area contributed by atoms with Crippen LogP contribution in [0, 0.1) is 0 Å². The average Bonchev–Trinajstić information content (AvgIpc) is 3.02. The van der Waals surface area contributed by atoms with E-state index in [4.69, 9.17) is 0 Å². The summed E-state index contributed by atoms with van der Waals surface area (Å²) >= 11 is 3.34. The van der Waals surface area contributed by atoms with Crippen molar-refractivity contribution >= 4 is 27.5 Å². The van der Waals surface area contributed by atoms with E-state index in [1.165, 1.54) is 0 Å². The summed E-state index contributed by atoms with van der Waals surface area (Å²) in [7, 11) is 0. The minimum absolute atomic E-state index is 0.123. The predicted molar refractivity (Wildman–Crippen MR) is 66.2 cm³/mol. The maximum absolute atomic E-state index is 11.4. The first-order chi connectivity index (χ1) is 7.74. The fourth-order valence-electron chi connectivity index (χ4n) is 1.36. The van der Waals surface area contributed by atoms with Crippen molar-refractivity contribution in [3.63, 3.8) is 0 Å². The monoisotopic (exact) mass is 283 g/mol. The molecule has 86 valence electrons. The summed E-state index contributed by atoms with van der Waals surface area (Å²) in [4.78, 5) is 15.4. The van der Waals surface area contributed by atoms with E-state index in [1.807, 2.05) is 6.07 Å². The highest BCUT2D eigenvalue weighted by Gasteiger charge is 2.22. The zero-order valence-corrected chi connectivity index (χ0v) is 10.5. The number of nitrogens with one attached hydrogen (secondary N) is 2. The lowest BCUT2D eigenvalue weighted by Crippen LogP contribution is -2.27. The van der Waals surface area contributed by atoms with E-state index >= 15 is 0 Å². The van der Waals surface area contributed by atoms with E-state index < -0.39 is 0 Å². The minimum atomic E-state index is 0.123. The third-order valence-electron chi connectivity index (χ3n) is 2.33. The van der Waals surface area contributed by atoms with E-state index in [9.17, 15) is 4.79 Å². The molecular formula is C11H14BrN3O. The van der Waals surface area contributed by atoms with Crippen LogP contribution in [0.1, 0.15) is 19.3 Å². The van der Waals surface area contributed by atoms with E-state index in [1.54, 1.807) is 12.4 Å². The molecule has 1 fully saturated rings. The van der Waals surface area contributed by atoms with Crippen LogP contribution in [0.25, 0.3) is 0 Å². The first-order valence-electron chi connectivity index (χ1n) is 5.38. The van der Waals surface area contributed by atoms with Gasteiger partial charge >= 0.3 is 0 Å². The van der Waals surface area contributed by atoms with Crippen molar-refractivity contribution in [1.82, 2.24) is 10.3 Å². The van der Waals surface area contributed by atoms with Gasteiger partial charge in [0.15, 0.2) is 0 Å². The number of rotatable bonds is 5. The summed E-state index contributed by atoms with van der Waals surface area (Å²) in [5.41, 5.74) is 0.925. The quantitative estimate of drug-likeness (QED) is 0.868. The summed E-state index contributed by atoms with van der Waals surface area (Å²) in [6, 6.07) is 2.38. The Bertz CT molecular complexity index is 379. The van der Waals surface area contributed by atoms with Gasteiger partial charge in [-0.2, -0.15) is 0 Å². The third-order valence-corrected chi connectivity index (χ3v) is 2.76. The van der Waals surface area contributed by atoms with Crippen LogP contribution in [-0.2, 0) is 4.79 Å². The van der Waals surface area contributed by atoms with Gasteiger partial charge < -0.3 is 10.6 Å². The molecule has 0 aliphatic heterocycles. The maximum atomic E-state index is 11.4. The lowest BCUT2D eigenvalue weighted by atomic mass is 10.3. The van der Waals surface area contributed by atoms with Gasteiger partial charge in [0.2, 0.25) is 5.91 Å². The van der Waals surface area contributed by atoms with Gasteiger partial charge in [0.25, 0.3) is 0 Å². The molecule has 0 radical (unpaired) electrons. The predicted octanol–water partition coefficient (Wildman–Crippen LogP) is 1.92. The topological polar surface area (TPSA) is 54.0 Å². The maximum Gasteiger partial charge on any atom is 0.221 e. The molecule has 0 aromatic carbocycles. The molecule has 1 aromatic rings. The van der Waals surface area contributed by atoms with Crippen LogP contribution < -0.4 is 10.6 Å². The molecule has 1 heterocycles. The van der Waals surface area contributed by atoms with Gasteiger partial charge in [-0.1, -0.05) is 0 Å². The fraction of sp³-hybridized carbons (Fsp3) is 0.455. The van der Waals surface area contributed by atoms with Crippen molar-refractivity contribution in [3.05, 3.63) is 22.9 Å². The van der Waals surface area contributed by atoms with Gasteiger partial charge in [-0.15, -0.1) is 0 Å². The van der Waals surface area contributed by atoms with Gasteiger partial charge in [-0.05, 0) is 34.8 Å². The Kier molecular flexibility index (Phi) is 3.77. The second-order valence-electron chi connectivity index (χ2n) is 3.91. The average molecular weight is 284 g/mol. The summed E-state index contributed by atoms with van der Waals surface area (Å²) < 4.78 is 0.930. The number of nitrogens with zero attached hydrogens (tertiary/aromatic N) is 1. The Balaban J connectivity index is 1.68. The first-order valence-corrected chi connectivity index (χ1v) is 6.17. The first kappa shape index (κ1) is 11.4. The Morgan fingerprint density at radius 3 is 3.00 bits per heavy atom. The fourth-order valence-corrected chi connectivity index (χ4v) is 1.72. The molecule has 0 spiro atoms. The zero-order valence-electron chi connectivity index (χ0n) is 8.87. The lowest BCUT2D eigenvalue weighted by Gasteiger charge is -2.06. The van der Waals surface area contributed by atoms with Crippen molar-refractivity contribution in [2.45, 2.75) is 25.3 Å². The van der Waals surface area contributed by atoms with Crippen LogP contribution in [0.2, 0.25) is 0 Å². The number of amides is 1. The Hall–Kier alpha value is -1.10. The molecule has 16 heavy (non-hydrogen) atoms. The number of hydrogen-bond donors (Lipinski definition) is 2. The summed E-state index contributed by atoms with van der Waals surface area (Å²) in [6.45, 7) is 0.636. The molecular weight excluding hydrogens is 270 g/mol. The summed E-state index contributed by atoms with van der Waals surface area (Å²) in [5.74, 6) is 0.123. The molecule has 0 bridgehead atoms. The number of carbonyl (C=O) groups excluding carboxylic acids is 1. The van der Waals surface area contributed by atoms with Gasteiger partial charge in [0, 0.05) is 29.7 Å². The van der Waals surface area contributed by atoms with Crippen molar-refractivity contribution in [3.8, 4) is 0 Å². The van der Waals surface area contributed by atoms with Crippen molar-refractivity contribution in [1.29, 1.82) is 0 Å². The van der Waals surface area contributed by atoms with E-state index in [2.05, 4.69) is 31.5 Å². The summed E-state index contributed by atoms with van der Waals surface area (Å²) in [6.07, 6.45) is 6.24. The highest BCUT2D eigenvalue weighted by atomic mass is 79.9. The van der Waals surface area contributed by atoms with Crippen molar-refractivity contribution < 1.29 is 4.79 Å². The van der Waals surface area contributed by atoms with E-state index in [0.717, 1.165) is 23.0 Å². The minimum Gasteiger partial charge on any atom is -0.383 e. The van der Waals surface area contributed by atoms with Crippen molar-refractivity contribution in [2.75, 3.05) is 11.9 Å². The molecule has 1 aromatic heterocycles. The molecule has 4 nitrogen and oxygen atoms in total. The molecule has 0 atom stereocenters. The standard InChI is InChI=1S/C11H14BrN3O/c12-8-5-10(7-13-6-8)14-4-3-11(16)15-9-1-2-9/h5-7,9,14H,1-4H2,(H,15,16). The SMILES string of the molecule is O=C(CCNc1cncc(Br)c1)NC1CC1. The number of pyridine rings is 1. The molecule has 0 unspecified atom stereocenters. The van der Waals surface area contributed by atoms with E-state index in [-0.39, 0.29) is 5.91 Å². The van der Waals surface area contributed by atoms with Crippen LogP contribution in [0.15, 0.2) is 22.9 Å². The second-order valence-corrected chi connectivity index (χ2v) is 4.83. The molecule has 2 N–H and O–H groups in total. The van der Waals surface area contributed by atoms with Crippen molar-refractivity contribution in [2.24, 2.45) is 0 Å². The van der Waals surface area contributed by atoms with Gasteiger partial charge in [-0.25, -0.2) is 0 Å². The van der Waals surface area contributed by atoms with Gasteiger partial charge in [0.1, 0.15) is 0 Å². The Morgan fingerprint density at radius 2 is 2.31 bits per heavy atom. The van der Waals surface area contributed by atoms with Crippen LogP contribution in [0.4, 0.5) is 5.69 Å². The van der Waals surface area contributed by atoms with Crippen LogP contribution in [-0.4, -0.2) is 23.5 Å². The molecule has 2 rings (SSSR count). The molecule has 5 heteroatoms. The number of halogens is 1. The lowest BCUT2D eigenvalue weighted by molar-refractivity contribution is -0.120. The number of carbonyl (C=O) groups is 1. The second kappa shape index (κ2) is 5.30. The summed E-state index contributed by atoms with van der Waals surface area (Å²) in [5, 5.41) is 6.10. The molecule has 1 aliphatic rings. The molecule has 1 saturated carbocycles. The highest BCUT2D eigenvalue weighted by Crippen LogP contribution is 2.18. The highest BCUT2D eigenvalue weighted by molar-refractivity contribution is 9.10. The van der Waals surface area contributed by atoms with Crippen LogP contribution in [0.5, 0.6) is 0 Å². The molecule has 1 aliphatic carbocycles.